The van der Waals surface area contributed by atoms with Crippen LogP contribution in [-0.4, -0.2) is 53.4 Å². The summed E-state index contributed by atoms with van der Waals surface area (Å²) in [5, 5.41) is 20.9. The highest BCUT2D eigenvalue weighted by molar-refractivity contribution is 6.02. The molecular formula is C21H28O8. The van der Waals surface area contributed by atoms with Gasteiger partial charge in [0.1, 0.15) is 5.92 Å². The average Bonchev–Trinajstić information content (AvgIpc) is 2.62. The van der Waals surface area contributed by atoms with Crippen LogP contribution in [0.15, 0.2) is 18.2 Å². The number of benzene rings is 1. The van der Waals surface area contributed by atoms with Crippen molar-refractivity contribution in [2.75, 3.05) is 19.8 Å². The summed E-state index contributed by atoms with van der Waals surface area (Å²) in [7, 11) is 0. The number of rotatable bonds is 7. The second-order valence-electron chi connectivity index (χ2n) is 7.15. The molecule has 0 spiro atoms. The Morgan fingerprint density at radius 3 is 2.31 bits per heavy atom. The Morgan fingerprint density at radius 1 is 1.10 bits per heavy atom. The van der Waals surface area contributed by atoms with E-state index in [4.69, 9.17) is 14.2 Å². The van der Waals surface area contributed by atoms with Crippen molar-refractivity contribution in [3.8, 4) is 11.5 Å². The van der Waals surface area contributed by atoms with Gasteiger partial charge in [0.05, 0.1) is 31.3 Å². The highest BCUT2D eigenvalue weighted by Crippen LogP contribution is 2.48. The number of carbonyl (C=O) groups is 3. The fourth-order valence-electron chi connectivity index (χ4n) is 3.89. The molecule has 1 aliphatic carbocycles. The second-order valence-corrected chi connectivity index (χ2v) is 7.15. The molecule has 0 amide bonds. The molecule has 29 heavy (non-hydrogen) atoms. The first-order valence-electron chi connectivity index (χ1n) is 9.71. The van der Waals surface area contributed by atoms with Crippen molar-refractivity contribution in [2.45, 2.75) is 45.6 Å². The monoisotopic (exact) mass is 408 g/mol. The lowest BCUT2D eigenvalue weighted by Crippen LogP contribution is -2.55. The van der Waals surface area contributed by atoms with Gasteiger partial charge in [-0.3, -0.25) is 14.4 Å². The van der Waals surface area contributed by atoms with Gasteiger partial charge in [0, 0.05) is 12.3 Å². The highest BCUT2D eigenvalue weighted by Gasteiger charge is 2.57. The minimum Gasteiger partial charge on any atom is -0.504 e. The number of hydrogen-bond donors (Lipinski definition) is 2. The van der Waals surface area contributed by atoms with E-state index in [9.17, 15) is 24.6 Å². The fourth-order valence-corrected chi connectivity index (χ4v) is 3.89. The lowest BCUT2D eigenvalue weighted by molar-refractivity contribution is -0.172. The zero-order chi connectivity index (χ0) is 21.8. The Morgan fingerprint density at radius 2 is 1.72 bits per heavy atom. The molecule has 4 atom stereocenters. The van der Waals surface area contributed by atoms with Crippen molar-refractivity contribution in [3.05, 3.63) is 23.8 Å². The summed E-state index contributed by atoms with van der Waals surface area (Å²) < 4.78 is 15.6. The number of aliphatic hydroxyl groups is 1. The molecule has 2 N–H and O–H groups in total. The van der Waals surface area contributed by atoms with Crippen molar-refractivity contribution in [2.24, 2.45) is 11.8 Å². The number of hydrogen-bond acceptors (Lipinski definition) is 8. The molecule has 1 fully saturated rings. The maximum atomic E-state index is 12.8. The molecule has 1 aromatic carbocycles. The third-order valence-electron chi connectivity index (χ3n) is 5.02. The number of phenols is 1. The van der Waals surface area contributed by atoms with Crippen molar-refractivity contribution in [1.29, 1.82) is 0 Å². The Balaban J connectivity index is 2.66. The van der Waals surface area contributed by atoms with Gasteiger partial charge >= 0.3 is 11.9 Å². The first-order chi connectivity index (χ1) is 13.7. The normalized spacial score (nSPS) is 26.7. The standard InChI is InChI=1S/C21H28O8/c1-5-27-15-10-12(8-9-13(15)22)16-17(19(24)28-6-2)14(23)11-21(4,26)18(16)20(25)29-7-3/h8-10,16-18,22,26H,5-7,11H2,1-4H3/t16-,17+,18+,21-/m1/s1. The fraction of sp³-hybridized carbons (Fsp3) is 0.571. The summed E-state index contributed by atoms with van der Waals surface area (Å²) >= 11 is 0. The van der Waals surface area contributed by atoms with E-state index in [1.165, 1.54) is 25.1 Å². The zero-order valence-electron chi connectivity index (χ0n) is 17.1. The topological polar surface area (TPSA) is 119 Å². The third kappa shape index (κ3) is 4.70. The van der Waals surface area contributed by atoms with Crippen LogP contribution in [-0.2, 0) is 23.9 Å². The van der Waals surface area contributed by atoms with E-state index in [-0.39, 0.29) is 37.7 Å². The average molecular weight is 408 g/mol. The molecule has 0 aliphatic heterocycles. The first-order valence-corrected chi connectivity index (χ1v) is 9.71. The maximum absolute atomic E-state index is 12.8. The van der Waals surface area contributed by atoms with E-state index in [1.54, 1.807) is 20.8 Å². The number of ether oxygens (including phenoxy) is 3. The smallest absolute Gasteiger partial charge is 0.317 e. The second kappa shape index (κ2) is 9.26. The van der Waals surface area contributed by atoms with E-state index >= 15 is 0 Å². The molecule has 0 unspecified atom stereocenters. The van der Waals surface area contributed by atoms with Gasteiger partial charge < -0.3 is 24.4 Å². The molecule has 8 nitrogen and oxygen atoms in total. The molecule has 0 bridgehead atoms. The SMILES string of the molecule is CCOC(=O)[C@H]1C(=O)C[C@@](C)(O)[C@H](C(=O)OCC)[C@@H]1c1ccc(O)c(OCC)c1. The molecule has 2 rings (SSSR count). The zero-order valence-corrected chi connectivity index (χ0v) is 17.1. The van der Waals surface area contributed by atoms with Crippen LogP contribution in [0.1, 0.15) is 45.6 Å². The van der Waals surface area contributed by atoms with E-state index < -0.39 is 41.1 Å². The van der Waals surface area contributed by atoms with Gasteiger partial charge in [-0.05, 0) is 45.4 Å². The number of aromatic hydroxyl groups is 1. The van der Waals surface area contributed by atoms with Gasteiger partial charge in [0.2, 0.25) is 0 Å². The summed E-state index contributed by atoms with van der Waals surface area (Å²) in [5.41, 5.74) is -1.34. The molecule has 0 saturated heterocycles. The minimum absolute atomic E-state index is 0.0651. The van der Waals surface area contributed by atoms with Gasteiger partial charge in [-0.15, -0.1) is 0 Å². The predicted octanol–water partition coefficient (Wildman–Crippen LogP) is 1.96. The van der Waals surface area contributed by atoms with E-state index in [1.807, 2.05) is 0 Å². The lowest BCUT2D eigenvalue weighted by Gasteiger charge is -2.43. The number of phenolic OH excluding ortho intramolecular Hbond substituents is 1. The molecule has 0 radical (unpaired) electrons. The molecule has 0 aromatic heterocycles. The predicted molar refractivity (Wildman–Crippen MR) is 103 cm³/mol. The van der Waals surface area contributed by atoms with Gasteiger partial charge in [-0.2, -0.15) is 0 Å². The molecule has 0 heterocycles. The van der Waals surface area contributed by atoms with Crippen LogP contribution in [0, 0.1) is 11.8 Å². The van der Waals surface area contributed by atoms with Crippen LogP contribution in [0.2, 0.25) is 0 Å². The van der Waals surface area contributed by atoms with Crippen LogP contribution in [0.3, 0.4) is 0 Å². The summed E-state index contributed by atoms with van der Waals surface area (Å²) in [6.07, 6.45) is -0.382. The lowest BCUT2D eigenvalue weighted by atomic mass is 9.61. The van der Waals surface area contributed by atoms with Gasteiger partial charge in [0.15, 0.2) is 17.3 Å². The number of carbonyl (C=O) groups excluding carboxylic acids is 3. The summed E-state index contributed by atoms with van der Waals surface area (Å²) in [6.45, 7) is 6.79. The van der Waals surface area contributed by atoms with E-state index in [0.717, 1.165) is 0 Å². The Kier molecular flexibility index (Phi) is 7.24. The molecule has 8 heteroatoms. The van der Waals surface area contributed by atoms with Crippen molar-refractivity contribution in [3.63, 3.8) is 0 Å². The number of Topliss-reactive ketones (excluding diaryl/α,β-unsaturated/α-hetero) is 1. The van der Waals surface area contributed by atoms with Crippen LogP contribution >= 0.6 is 0 Å². The van der Waals surface area contributed by atoms with Crippen LogP contribution in [0.5, 0.6) is 11.5 Å². The van der Waals surface area contributed by atoms with Gasteiger partial charge in [-0.25, -0.2) is 0 Å². The van der Waals surface area contributed by atoms with E-state index in [0.29, 0.717) is 5.56 Å². The Bertz CT molecular complexity index is 770. The number of ketones is 1. The molecule has 1 saturated carbocycles. The molecular weight excluding hydrogens is 380 g/mol. The summed E-state index contributed by atoms with van der Waals surface area (Å²) in [4.78, 5) is 38.3. The molecule has 1 aromatic rings. The minimum atomic E-state index is -1.72. The first kappa shape index (κ1) is 22.7. The molecule has 1 aliphatic rings. The third-order valence-corrected chi connectivity index (χ3v) is 5.02. The Labute approximate surface area is 169 Å². The highest BCUT2D eigenvalue weighted by atomic mass is 16.5. The van der Waals surface area contributed by atoms with Crippen molar-refractivity contribution >= 4 is 17.7 Å². The van der Waals surface area contributed by atoms with Gasteiger partial charge in [-0.1, -0.05) is 6.07 Å². The maximum Gasteiger partial charge on any atom is 0.317 e. The van der Waals surface area contributed by atoms with Crippen molar-refractivity contribution < 1.29 is 38.8 Å². The van der Waals surface area contributed by atoms with Crippen molar-refractivity contribution in [1.82, 2.24) is 0 Å². The van der Waals surface area contributed by atoms with E-state index in [2.05, 4.69) is 0 Å². The quantitative estimate of drug-likeness (QED) is 0.519. The summed E-state index contributed by atoms with van der Waals surface area (Å²) in [6, 6.07) is 4.32. The molecule has 160 valence electrons. The summed E-state index contributed by atoms with van der Waals surface area (Å²) in [5.74, 6) is -5.49. The van der Waals surface area contributed by atoms with Crippen LogP contribution in [0.25, 0.3) is 0 Å². The van der Waals surface area contributed by atoms with Crippen LogP contribution < -0.4 is 4.74 Å². The Hall–Kier alpha value is -2.61. The van der Waals surface area contributed by atoms with Crippen LogP contribution in [0.4, 0.5) is 0 Å². The van der Waals surface area contributed by atoms with Gasteiger partial charge in [0.25, 0.3) is 0 Å². The number of esters is 2. The largest absolute Gasteiger partial charge is 0.504 e.